The zero-order valence-electron chi connectivity index (χ0n) is 12.8. The molecule has 0 saturated carbocycles. The van der Waals surface area contributed by atoms with Crippen LogP contribution in [-0.2, 0) is 11.2 Å². The fourth-order valence-corrected chi connectivity index (χ4v) is 2.60. The largest absolute Gasteiger partial charge is 0.504 e. The van der Waals surface area contributed by atoms with Crippen molar-refractivity contribution in [3.63, 3.8) is 0 Å². The van der Waals surface area contributed by atoms with Crippen LogP contribution in [0.2, 0.25) is 0 Å². The highest BCUT2D eigenvalue weighted by Gasteiger charge is 2.29. The number of aromatic hydroxyl groups is 1. The normalized spacial score (nSPS) is 13.9. The Balaban J connectivity index is 1.63. The lowest BCUT2D eigenvalue weighted by Crippen LogP contribution is -2.23. The summed E-state index contributed by atoms with van der Waals surface area (Å²) in [5.74, 6) is -0.969. The van der Waals surface area contributed by atoms with Gasteiger partial charge >= 0.3 is 0 Å². The first kappa shape index (κ1) is 15.1. The van der Waals surface area contributed by atoms with Crippen LogP contribution >= 0.6 is 0 Å². The maximum atomic E-state index is 13.0. The van der Waals surface area contributed by atoms with Crippen LogP contribution in [0.5, 0.6) is 5.75 Å². The van der Waals surface area contributed by atoms with Gasteiger partial charge in [0.2, 0.25) is 5.78 Å². The second kappa shape index (κ2) is 5.86. The number of benzene rings is 1. The molecule has 0 aliphatic carbocycles. The van der Waals surface area contributed by atoms with Gasteiger partial charge in [0.25, 0.3) is 0 Å². The van der Waals surface area contributed by atoms with Crippen molar-refractivity contribution in [2.45, 2.75) is 6.42 Å². The van der Waals surface area contributed by atoms with Crippen molar-refractivity contribution in [3.05, 3.63) is 65.9 Å². The van der Waals surface area contributed by atoms with Crippen molar-refractivity contribution in [3.8, 4) is 5.75 Å². The third-order valence-corrected chi connectivity index (χ3v) is 3.88. The maximum Gasteiger partial charge on any atom is 0.232 e. The number of hydrogen-bond acceptors (Lipinski definition) is 6. The van der Waals surface area contributed by atoms with Crippen LogP contribution in [0, 0.1) is 5.82 Å². The first-order valence-electron chi connectivity index (χ1n) is 7.50. The molecule has 7 heteroatoms. The van der Waals surface area contributed by atoms with E-state index in [9.17, 15) is 14.3 Å². The van der Waals surface area contributed by atoms with Gasteiger partial charge in [0.05, 0.1) is 0 Å². The van der Waals surface area contributed by atoms with E-state index >= 15 is 0 Å². The molecule has 0 amide bonds. The first-order valence-corrected chi connectivity index (χ1v) is 7.50. The summed E-state index contributed by atoms with van der Waals surface area (Å²) in [6.07, 6.45) is 3.28. The molecule has 0 spiro atoms. The van der Waals surface area contributed by atoms with E-state index in [2.05, 4.69) is 20.2 Å². The maximum absolute atomic E-state index is 13.0. The predicted molar refractivity (Wildman–Crippen MR) is 90.3 cm³/mol. The lowest BCUT2D eigenvalue weighted by Gasteiger charge is -2.05. The zero-order chi connectivity index (χ0) is 17.4. The second-order valence-electron chi connectivity index (χ2n) is 5.52. The number of Topliss-reactive ketones (excluding diaryl/α,β-unsaturated/α-hetero) is 1. The molecule has 25 heavy (non-hydrogen) atoms. The van der Waals surface area contributed by atoms with Crippen LogP contribution in [-0.4, -0.2) is 32.3 Å². The van der Waals surface area contributed by atoms with Crippen LogP contribution in [0.4, 0.5) is 4.39 Å². The van der Waals surface area contributed by atoms with E-state index < -0.39 is 5.78 Å². The zero-order valence-corrected chi connectivity index (χ0v) is 12.8. The van der Waals surface area contributed by atoms with Gasteiger partial charge in [-0.25, -0.2) is 9.37 Å². The van der Waals surface area contributed by atoms with Crippen molar-refractivity contribution >= 4 is 28.1 Å². The van der Waals surface area contributed by atoms with Gasteiger partial charge in [-0.1, -0.05) is 12.1 Å². The van der Waals surface area contributed by atoms with Crippen LogP contribution < -0.4 is 0 Å². The van der Waals surface area contributed by atoms with E-state index in [1.165, 1.54) is 18.3 Å². The summed E-state index contributed by atoms with van der Waals surface area (Å²) in [5.41, 5.74) is 1.32. The van der Waals surface area contributed by atoms with Gasteiger partial charge in [0.15, 0.2) is 11.5 Å². The molecule has 0 fully saturated rings. The fraction of sp³-hybridized carbons (Fsp3) is 0.0556. The molecular weight excluding hydrogens is 323 g/mol. The van der Waals surface area contributed by atoms with Crippen molar-refractivity contribution in [2.75, 3.05) is 0 Å². The molecule has 122 valence electrons. The molecule has 1 N–H and O–H groups in total. The Labute approximate surface area is 141 Å². The average Bonchev–Trinajstić information content (AvgIpc) is 2.98. The summed E-state index contributed by atoms with van der Waals surface area (Å²) in [6.45, 7) is 0. The molecule has 3 aromatic rings. The van der Waals surface area contributed by atoms with Gasteiger partial charge in [-0.2, -0.15) is 5.10 Å². The summed E-state index contributed by atoms with van der Waals surface area (Å²) in [5, 5.41) is 18.8. The van der Waals surface area contributed by atoms with Crippen LogP contribution in [0.25, 0.3) is 10.9 Å². The van der Waals surface area contributed by atoms with Crippen molar-refractivity contribution in [1.82, 2.24) is 9.97 Å². The quantitative estimate of drug-likeness (QED) is 0.797. The topological polar surface area (TPSA) is 87.8 Å². The molecule has 2 aromatic heterocycles. The summed E-state index contributed by atoms with van der Waals surface area (Å²) in [6, 6.07) is 9.29. The molecule has 1 aromatic carbocycles. The molecule has 0 bridgehead atoms. The minimum absolute atomic E-state index is 0.0258. The number of nitrogens with zero attached hydrogens (tertiary/aromatic N) is 4. The van der Waals surface area contributed by atoms with Gasteiger partial charge in [0.1, 0.15) is 22.7 Å². The summed E-state index contributed by atoms with van der Waals surface area (Å²) < 4.78 is 13.0. The van der Waals surface area contributed by atoms with E-state index in [4.69, 9.17) is 0 Å². The summed E-state index contributed by atoms with van der Waals surface area (Å²) in [7, 11) is 0. The molecule has 3 heterocycles. The molecule has 0 atom stereocenters. The number of fused-ring (bicyclic) bond motifs is 1. The van der Waals surface area contributed by atoms with E-state index in [1.807, 2.05) is 0 Å². The Hall–Kier alpha value is -3.48. The van der Waals surface area contributed by atoms with Crippen LogP contribution in [0.1, 0.15) is 11.3 Å². The van der Waals surface area contributed by atoms with E-state index in [1.54, 1.807) is 30.5 Å². The number of carbonyl (C=O) groups excluding carboxylic acids is 1. The fourth-order valence-electron chi connectivity index (χ4n) is 2.60. The number of aromatic nitrogens is 2. The van der Waals surface area contributed by atoms with Gasteiger partial charge in [-0.3, -0.25) is 9.78 Å². The molecular formula is C18H11FN4O2. The monoisotopic (exact) mass is 334 g/mol. The second-order valence-corrected chi connectivity index (χ2v) is 5.52. The third-order valence-electron chi connectivity index (χ3n) is 3.88. The van der Waals surface area contributed by atoms with Crippen molar-refractivity contribution < 1.29 is 14.3 Å². The van der Waals surface area contributed by atoms with Crippen molar-refractivity contribution in [2.24, 2.45) is 10.2 Å². The van der Waals surface area contributed by atoms with E-state index in [-0.39, 0.29) is 35.1 Å². The highest BCUT2D eigenvalue weighted by atomic mass is 19.1. The Kier molecular flexibility index (Phi) is 3.53. The number of pyridine rings is 2. The van der Waals surface area contributed by atoms with E-state index in [0.29, 0.717) is 10.9 Å². The Morgan fingerprint density at radius 3 is 2.64 bits per heavy atom. The van der Waals surface area contributed by atoms with Gasteiger partial charge < -0.3 is 5.11 Å². The smallest absolute Gasteiger partial charge is 0.232 e. The molecule has 4 rings (SSSR count). The standard InChI is InChI=1S/C18H11FN4O2/c19-12-5-3-10(4-6-12)8-13-17(24)16(23-22-13)15-18(25)14-11(9-21-15)2-1-7-20-14/h1-7,9,25H,8H2. The first-order chi connectivity index (χ1) is 12.1. The van der Waals surface area contributed by atoms with Gasteiger partial charge in [0, 0.05) is 24.2 Å². The van der Waals surface area contributed by atoms with E-state index in [0.717, 1.165) is 5.56 Å². The Morgan fingerprint density at radius 2 is 1.84 bits per heavy atom. The Morgan fingerprint density at radius 1 is 1.04 bits per heavy atom. The number of ketones is 1. The van der Waals surface area contributed by atoms with Crippen LogP contribution in [0.3, 0.4) is 0 Å². The SMILES string of the molecule is O=C1C(Cc2ccc(F)cc2)=NN=C1c1ncc2cccnc2c1O. The molecule has 1 aliphatic rings. The van der Waals surface area contributed by atoms with Crippen molar-refractivity contribution in [1.29, 1.82) is 0 Å². The lowest BCUT2D eigenvalue weighted by molar-refractivity contribution is -0.107. The van der Waals surface area contributed by atoms with Gasteiger partial charge in [-0.15, -0.1) is 5.10 Å². The minimum atomic E-state index is -0.414. The third kappa shape index (κ3) is 2.65. The summed E-state index contributed by atoms with van der Waals surface area (Å²) in [4.78, 5) is 20.8. The van der Waals surface area contributed by atoms with Gasteiger partial charge in [-0.05, 0) is 29.8 Å². The molecule has 0 radical (unpaired) electrons. The Bertz CT molecular complexity index is 1060. The lowest BCUT2D eigenvalue weighted by atomic mass is 10.0. The molecule has 6 nitrogen and oxygen atoms in total. The predicted octanol–water partition coefficient (Wildman–Crippen LogP) is 2.45. The minimum Gasteiger partial charge on any atom is -0.504 e. The number of halogens is 1. The summed E-state index contributed by atoms with van der Waals surface area (Å²) >= 11 is 0. The molecule has 1 aliphatic heterocycles. The molecule has 0 unspecified atom stereocenters. The van der Waals surface area contributed by atoms with Crippen LogP contribution in [0.15, 0.2) is 59.0 Å². The highest BCUT2D eigenvalue weighted by Crippen LogP contribution is 2.26. The number of hydrogen-bond donors (Lipinski definition) is 1. The number of carbonyl (C=O) groups is 1. The molecule has 0 saturated heterocycles. The number of rotatable bonds is 3. The average molecular weight is 334 g/mol. The highest BCUT2D eigenvalue weighted by molar-refractivity contribution is 6.71.